The molecule has 1 amide bonds. The molecule has 0 unspecified atom stereocenters. The number of ether oxygens (including phenoxy) is 4. The molecule has 2 atom stereocenters. The molecule has 0 aromatic heterocycles. The van der Waals surface area contributed by atoms with Gasteiger partial charge in [-0.05, 0) is 26.0 Å². The number of benzene rings is 1. The van der Waals surface area contributed by atoms with Crippen LogP contribution in [0.15, 0.2) is 24.3 Å². The standard InChI is InChI=1S/C19H25NO6/c1-13-10-20(11-14(2)26-13)17(21)12-25-18(22)9-8-15-6-5-7-16(23-3)19(15)24-4/h5-9,13-14H,10-12H2,1-4H3/b9-8+/t13-,14+. The highest BCUT2D eigenvalue weighted by molar-refractivity contribution is 5.90. The maximum absolute atomic E-state index is 12.2. The normalized spacial score (nSPS) is 20.1. The summed E-state index contributed by atoms with van der Waals surface area (Å²) >= 11 is 0. The number of rotatable bonds is 6. The summed E-state index contributed by atoms with van der Waals surface area (Å²) < 4.78 is 21.1. The molecule has 1 aromatic carbocycles. The lowest BCUT2D eigenvalue weighted by atomic mass is 10.1. The zero-order valence-corrected chi connectivity index (χ0v) is 15.6. The molecule has 1 aromatic rings. The van der Waals surface area contributed by atoms with Gasteiger partial charge in [0.1, 0.15) is 0 Å². The van der Waals surface area contributed by atoms with Crippen LogP contribution in [0.3, 0.4) is 0 Å². The van der Waals surface area contributed by atoms with Gasteiger partial charge in [-0.3, -0.25) is 4.79 Å². The van der Waals surface area contributed by atoms with E-state index in [0.29, 0.717) is 30.2 Å². The van der Waals surface area contributed by atoms with Gasteiger partial charge in [0.05, 0.1) is 26.4 Å². The first-order chi connectivity index (χ1) is 12.4. The second-order valence-corrected chi connectivity index (χ2v) is 6.08. The van der Waals surface area contributed by atoms with E-state index in [1.165, 1.54) is 13.2 Å². The predicted octanol–water partition coefficient (Wildman–Crippen LogP) is 1.90. The Balaban J connectivity index is 1.91. The van der Waals surface area contributed by atoms with Crippen molar-refractivity contribution in [3.05, 3.63) is 29.8 Å². The van der Waals surface area contributed by atoms with Crippen molar-refractivity contribution in [3.8, 4) is 11.5 Å². The highest BCUT2D eigenvalue weighted by Gasteiger charge is 2.26. The molecule has 0 spiro atoms. The van der Waals surface area contributed by atoms with Gasteiger partial charge in [0.25, 0.3) is 5.91 Å². The number of hydrogen-bond acceptors (Lipinski definition) is 6. The highest BCUT2D eigenvalue weighted by Crippen LogP contribution is 2.31. The number of carbonyl (C=O) groups excluding carboxylic acids is 2. The summed E-state index contributed by atoms with van der Waals surface area (Å²) in [5.41, 5.74) is 0.672. The van der Waals surface area contributed by atoms with Gasteiger partial charge >= 0.3 is 5.97 Å². The fourth-order valence-electron chi connectivity index (χ4n) is 2.85. The van der Waals surface area contributed by atoms with E-state index in [-0.39, 0.29) is 24.7 Å². The summed E-state index contributed by atoms with van der Waals surface area (Å²) in [5.74, 6) is 0.255. The van der Waals surface area contributed by atoms with Gasteiger partial charge in [0.2, 0.25) is 0 Å². The van der Waals surface area contributed by atoms with Crippen LogP contribution in [0.25, 0.3) is 6.08 Å². The molecule has 0 radical (unpaired) electrons. The molecule has 7 nitrogen and oxygen atoms in total. The van der Waals surface area contributed by atoms with Crippen LogP contribution in [0.1, 0.15) is 19.4 Å². The van der Waals surface area contributed by atoms with Crippen LogP contribution in [-0.4, -0.2) is 62.9 Å². The van der Waals surface area contributed by atoms with Crippen molar-refractivity contribution < 1.29 is 28.5 Å². The van der Waals surface area contributed by atoms with Gasteiger partial charge in [-0.2, -0.15) is 0 Å². The molecule has 142 valence electrons. The van der Waals surface area contributed by atoms with Crippen molar-refractivity contribution in [1.29, 1.82) is 0 Å². The van der Waals surface area contributed by atoms with Crippen LogP contribution in [0.4, 0.5) is 0 Å². The SMILES string of the molecule is COc1cccc(/C=C/C(=O)OCC(=O)N2C[C@@H](C)O[C@@H](C)C2)c1OC. The third-order valence-corrected chi connectivity index (χ3v) is 3.94. The average molecular weight is 363 g/mol. The summed E-state index contributed by atoms with van der Waals surface area (Å²) in [4.78, 5) is 25.7. The van der Waals surface area contributed by atoms with Gasteiger partial charge in [0, 0.05) is 24.7 Å². The lowest BCUT2D eigenvalue weighted by molar-refractivity contribution is -0.154. The molecule has 0 N–H and O–H groups in total. The van der Waals surface area contributed by atoms with Gasteiger partial charge in [-0.15, -0.1) is 0 Å². The zero-order chi connectivity index (χ0) is 19.1. The summed E-state index contributed by atoms with van der Waals surface area (Å²) in [6.45, 7) is 4.52. The fraction of sp³-hybridized carbons (Fsp3) is 0.474. The lowest BCUT2D eigenvalue weighted by Gasteiger charge is -2.35. The monoisotopic (exact) mass is 363 g/mol. The molecule has 2 rings (SSSR count). The third-order valence-electron chi connectivity index (χ3n) is 3.94. The molecule has 1 aliphatic heterocycles. The molecule has 7 heteroatoms. The number of esters is 1. The smallest absolute Gasteiger partial charge is 0.331 e. The Morgan fingerprint density at radius 3 is 2.50 bits per heavy atom. The van der Waals surface area contributed by atoms with Crippen molar-refractivity contribution in [3.63, 3.8) is 0 Å². The van der Waals surface area contributed by atoms with Crippen LogP contribution in [0.5, 0.6) is 11.5 Å². The number of carbonyl (C=O) groups is 2. The quantitative estimate of drug-likeness (QED) is 0.568. The minimum atomic E-state index is -0.599. The minimum absolute atomic E-state index is 0.0289. The largest absolute Gasteiger partial charge is 0.493 e. The number of amides is 1. The molecule has 1 saturated heterocycles. The van der Waals surface area contributed by atoms with E-state index in [9.17, 15) is 9.59 Å². The van der Waals surface area contributed by atoms with Crippen molar-refractivity contribution >= 4 is 18.0 Å². The van der Waals surface area contributed by atoms with Crippen molar-refractivity contribution in [2.24, 2.45) is 0 Å². The highest BCUT2D eigenvalue weighted by atomic mass is 16.5. The Morgan fingerprint density at radius 2 is 1.88 bits per heavy atom. The summed E-state index contributed by atoms with van der Waals surface area (Å²) in [5, 5.41) is 0. The zero-order valence-electron chi connectivity index (χ0n) is 15.6. The Labute approximate surface area is 153 Å². The number of hydrogen-bond donors (Lipinski definition) is 0. The molecule has 1 aliphatic rings. The van der Waals surface area contributed by atoms with Gasteiger partial charge in [0.15, 0.2) is 18.1 Å². The Morgan fingerprint density at radius 1 is 1.19 bits per heavy atom. The van der Waals surface area contributed by atoms with Crippen molar-refractivity contribution in [2.45, 2.75) is 26.1 Å². The molecule has 1 heterocycles. The first-order valence-corrected chi connectivity index (χ1v) is 8.43. The lowest BCUT2D eigenvalue weighted by Crippen LogP contribution is -2.49. The summed E-state index contributed by atoms with van der Waals surface area (Å²) in [7, 11) is 3.06. The first-order valence-electron chi connectivity index (χ1n) is 8.43. The second-order valence-electron chi connectivity index (χ2n) is 6.08. The molecule has 0 aliphatic carbocycles. The number of nitrogens with zero attached hydrogens (tertiary/aromatic N) is 1. The Kier molecular flexibility index (Phi) is 7.03. The van der Waals surface area contributed by atoms with Crippen LogP contribution in [-0.2, 0) is 19.1 Å². The van der Waals surface area contributed by atoms with E-state index in [4.69, 9.17) is 18.9 Å². The van der Waals surface area contributed by atoms with Crippen LogP contribution in [0, 0.1) is 0 Å². The molecule has 1 fully saturated rings. The van der Waals surface area contributed by atoms with Crippen LogP contribution < -0.4 is 9.47 Å². The van der Waals surface area contributed by atoms with Crippen LogP contribution >= 0.6 is 0 Å². The van der Waals surface area contributed by atoms with Gasteiger partial charge in [-0.1, -0.05) is 12.1 Å². The number of para-hydroxylation sites is 1. The van der Waals surface area contributed by atoms with Gasteiger partial charge in [-0.25, -0.2) is 4.79 Å². The number of morpholine rings is 1. The predicted molar refractivity (Wildman–Crippen MR) is 96.1 cm³/mol. The minimum Gasteiger partial charge on any atom is -0.493 e. The Hall–Kier alpha value is -2.54. The van der Waals surface area contributed by atoms with E-state index < -0.39 is 5.97 Å². The Bertz CT molecular complexity index is 662. The summed E-state index contributed by atoms with van der Waals surface area (Å²) in [6.07, 6.45) is 2.76. The third kappa shape index (κ3) is 5.23. The second kappa shape index (κ2) is 9.24. The molecule has 0 bridgehead atoms. The topological polar surface area (TPSA) is 74.3 Å². The summed E-state index contributed by atoms with van der Waals surface area (Å²) in [6, 6.07) is 5.33. The molecule has 0 saturated carbocycles. The van der Waals surface area contributed by atoms with E-state index in [2.05, 4.69) is 0 Å². The molecular weight excluding hydrogens is 338 g/mol. The van der Waals surface area contributed by atoms with Crippen molar-refractivity contribution in [1.82, 2.24) is 4.90 Å². The van der Waals surface area contributed by atoms with Gasteiger partial charge < -0.3 is 23.8 Å². The van der Waals surface area contributed by atoms with E-state index in [1.54, 1.807) is 36.3 Å². The van der Waals surface area contributed by atoms with E-state index in [0.717, 1.165) is 0 Å². The number of methoxy groups -OCH3 is 2. The molecule has 26 heavy (non-hydrogen) atoms. The van der Waals surface area contributed by atoms with Crippen LogP contribution in [0.2, 0.25) is 0 Å². The maximum atomic E-state index is 12.2. The average Bonchev–Trinajstić information content (AvgIpc) is 2.62. The van der Waals surface area contributed by atoms with Crippen molar-refractivity contribution in [2.75, 3.05) is 33.9 Å². The van der Waals surface area contributed by atoms with E-state index in [1.807, 2.05) is 13.8 Å². The first kappa shape index (κ1) is 19.8. The molecular formula is C19H25NO6. The fourth-order valence-corrected chi connectivity index (χ4v) is 2.85. The maximum Gasteiger partial charge on any atom is 0.331 e. The van der Waals surface area contributed by atoms with E-state index >= 15 is 0 Å².